The second-order valence-corrected chi connectivity index (χ2v) is 8.31. The third-order valence-electron chi connectivity index (χ3n) is 4.26. The van der Waals surface area contributed by atoms with Gasteiger partial charge in [0.15, 0.2) is 11.5 Å². The minimum Gasteiger partial charge on any atom is -0.486 e. The van der Waals surface area contributed by atoms with Crippen molar-refractivity contribution in [3.63, 3.8) is 0 Å². The van der Waals surface area contributed by atoms with Gasteiger partial charge in [0.25, 0.3) is 0 Å². The molecular formula is C19H22N2O5S. The van der Waals surface area contributed by atoms with Crippen molar-refractivity contribution < 1.29 is 22.7 Å². The van der Waals surface area contributed by atoms with Crippen LogP contribution in [0.15, 0.2) is 53.4 Å². The van der Waals surface area contributed by atoms with Crippen LogP contribution < -0.4 is 14.8 Å². The van der Waals surface area contributed by atoms with Crippen LogP contribution in [0.4, 0.5) is 0 Å². The second-order valence-electron chi connectivity index (χ2n) is 6.27. The Kier molecular flexibility index (Phi) is 5.67. The van der Waals surface area contributed by atoms with E-state index in [0.717, 1.165) is 9.87 Å². The number of rotatable bonds is 6. The van der Waals surface area contributed by atoms with Gasteiger partial charge in [-0.25, -0.2) is 8.42 Å². The third-order valence-corrected chi connectivity index (χ3v) is 6.08. The van der Waals surface area contributed by atoms with E-state index in [0.29, 0.717) is 24.7 Å². The van der Waals surface area contributed by atoms with Gasteiger partial charge in [-0.1, -0.05) is 24.3 Å². The Hall–Kier alpha value is -2.58. The van der Waals surface area contributed by atoms with Crippen molar-refractivity contribution in [2.24, 2.45) is 0 Å². The van der Waals surface area contributed by atoms with Crippen LogP contribution in [0.1, 0.15) is 18.5 Å². The molecule has 7 nitrogen and oxygen atoms in total. The normalized spacial score (nSPS) is 14.6. The number of hydrogen-bond donors (Lipinski definition) is 1. The van der Waals surface area contributed by atoms with E-state index >= 15 is 0 Å². The molecule has 0 aliphatic carbocycles. The highest BCUT2D eigenvalue weighted by Crippen LogP contribution is 2.32. The predicted molar refractivity (Wildman–Crippen MR) is 100 cm³/mol. The molecule has 0 saturated carbocycles. The lowest BCUT2D eigenvalue weighted by Gasteiger charge is -2.22. The predicted octanol–water partition coefficient (Wildman–Crippen LogP) is 1.96. The lowest BCUT2D eigenvalue weighted by Crippen LogP contribution is -2.39. The highest BCUT2D eigenvalue weighted by Gasteiger charge is 2.23. The van der Waals surface area contributed by atoms with E-state index in [1.165, 1.54) is 19.2 Å². The molecule has 2 aromatic rings. The van der Waals surface area contributed by atoms with Gasteiger partial charge in [0.2, 0.25) is 15.9 Å². The number of ether oxygens (including phenoxy) is 2. The van der Waals surface area contributed by atoms with E-state index in [1.807, 2.05) is 19.1 Å². The highest BCUT2D eigenvalue weighted by molar-refractivity contribution is 7.89. The molecule has 1 heterocycles. The third kappa shape index (κ3) is 4.40. The van der Waals surface area contributed by atoms with Crippen molar-refractivity contribution in [3.05, 3.63) is 54.1 Å². The van der Waals surface area contributed by atoms with Crippen molar-refractivity contribution in [1.82, 2.24) is 9.62 Å². The molecule has 144 valence electrons. The Balaban J connectivity index is 1.63. The first kappa shape index (κ1) is 19.2. The van der Waals surface area contributed by atoms with Crippen molar-refractivity contribution in [1.29, 1.82) is 0 Å². The molecule has 0 radical (unpaired) electrons. The highest BCUT2D eigenvalue weighted by atomic mass is 32.2. The summed E-state index contributed by atoms with van der Waals surface area (Å²) in [4.78, 5) is 12.5. The maximum absolute atomic E-state index is 12.5. The van der Waals surface area contributed by atoms with Crippen molar-refractivity contribution in [3.8, 4) is 11.5 Å². The zero-order chi connectivity index (χ0) is 19.4. The van der Waals surface area contributed by atoms with Crippen LogP contribution in [0.25, 0.3) is 0 Å². The number of amides is 1. The zero-order valence-corrected chi connectivity index (χ0v) is 16.0. The number of hydrogen-bond acceptors (Lipinski definition) is 5. The fourth-order valence-electron chi connectivity index (χ4n) is 2.76. The fourth-order valence-corrected chi connectivity index (χ4v) is 3.91. The summed E-state index contributed by atoms with van der Waals surface area (Å²) < 4.78 is 37.1. The number of nitrogens with zero attached hydrogens (tertiary/aromatic N) is 1. The topological polar surface area (TPSA) is 84.9 Å². The minimum absolute atomic E-state index is 0.153. The van der Waals surface area contributed by atoms with Crippen LogP contribution in [-0.2, 0) is 14.8 Å². The molecule has 1 N–H and O–H groups in total. The SMILES string of the molecule is CC(NC(=O)CN(C)S(=O)(=O)c1ccccc1)c1ccc2c(c1)OCCO2. The Bertz CT molecular complexity index is 915. The maximum Gasteiger partial charge on any atom is 0.243 e. The van der Waals surface area contributed by atoms with Gasteiger partial charge in [-0.3, -0.25) is 4.79 Å². The molecule has 0 fully saturated rings. The van der Waals surface area contributed by atoms with Crippen LogP contribution in [0.2, 0.25) is 0 Å². The largest absolute Gasteiger partial charge is 0.486 e. The average molecular weight is 390 g/mol. The van der Waals surface area contributed by atoms with Gasteiger partial charge in [0.1, 0.15) is 13.2 Å². The first-order chi connectivity index (χ1) is 12.9. The molecule has 1 atom stereocenters. The van der Waals surface area contributed by atoms with E-state index < -0.39 is 10.0 Å². The van der Waals surface area contributed by atoms with Crippen LogP contribution in [0.5, 0.6) is 11.5 Å². The van der Waals surface area contributed by atoms with E-state index in [2.05, 4.69) is 5.32 Å². The molecule has 0 aromatic heterocycles. The lowest BCUT2D eigenvalue weighted by molar-refractivity contribution is -0.121. The number of carbonyl (C=O) groups excluding carboxylic acids is 1. The molecule has 0 spiro atoms. The van der Waals surface area contributed by atoms with Gasteiger partial charge in [-0.2, -0.15) is 4.31 Å². The summed E-state index contributed by atoms with van der Waals surface area (Å²) in [5, 5.41) is 2.82. The second kappa shape index (κ2) is 7.98. The number of benzene rings is 2. The Morgan fingerprint density at radius 1 is 1.11 bits per heavy atom. The monoisotopic (exact) mass is 390 g/mol. The smallest absolute Gasteiger partial charge is 0.243 e. The van der Waals surface area contributed by atoms with Gasteiger partial charge in [-0.15, -0.1) is 0 Å². The quantitative estimate of drug-likeness (QED) is 0.815. The van der Waals surface area contributed by atoms with Gasteiger partial charge in [0, 0.05) is 7.05 Å². The molecule has 3 rings (SSSR count). The van der Waals surface area contributed by atoms with E-state index in [-0.39, 0.29) is 23.4 Å². The van der Waals surface area contributed by atoms with E-state index in [4.69, 9.17) is 9.47 Å². The Morgan fingerprint density at radius 2 is 1.78 bits per heavy atom. The first-order valence-corrected chi connectivity index (χ1v) is 10.0. The first-order valence-electron chi connectivity index (χ1n) is 8.58. The summed E-state index contributed by atoms with van der Waals surface area (Å²) in [5.74, 6) is 0.931. The van der Waals surface area contributed by atoms with Gasteiger partial charge >= 0.3 is 0 Å². The Morgan fingerprint density at radius 3 is 2.48 bits per heavy atom. The summed E-state index contributed by atoms with van der Waals surface area (Å²) in [6.45, 7) is 2.56. The lowest BCUT2D eigenvalue weighted by atomic mass is 10.1. The van der Waals surface area contributed by atoms with Crippen molar-refractivity contribution >= 4 is 15.9 Å². The molecular weight excluding hydrogens is 368 g/mol. The van der Waals surface area contributed by atoms with Crippen LogP contribution >= 0.6 is 0 Å². The van der Waals surface area contributed by atoms with E-state index in [9.17, 15) is 13.2 Å². The number of likely N-dealkylation sites (N-methyl/N-ethyl adjacent to an activating group) is 1. The number of nitrogens with one attached hydrogen (secondary N) is 1. The summed E-state index contributed by atoms with van der Waals surface area (Å²) in [6, 6.07) is 13.2. The van der Waals surface area contributed by atoms with Gasteiger partial charge < -0.3 is 14.8 Å². The summed E-state index contributed by atoms with van der Waals surface area (Å²) >= 11 is 0. The maximum atomic E-state index is 12.5. The Labute approximate surface area is 158 Å². The molecule has 1 unspecified atom stereocenters. The molecule has 1 aliphatic rings. The minimum atomic E-state index is -3.71. The number of carbonyl (C=O) groups is 1. The van der Waals surface area contributed by atoms with Crippen LogP contribution in [0, 0.1) is 0 Å². The number of fused-ring (bicyclic) bond motifs is 1. The van der Waals surface area contributed by atoms with Crippen molar-refractivity contribution in [2.45, 2.75) is 17.9 Å². The molecule has 27 heavy (non-hydrogen) atoms. The molecule has 2 aromatic carbocycles. The number of sulfonamides is 1. The standard InChI is InChI=1S/C19H22N2O5S/c1-14(15-8-9-17-18(12-15)26-11-10-25-17)20-19(22)13-21(2)27(23,24)16-6-4-3-5-7-16/h3-9,12,14H,10-11,13H2,1-2H3,(H,20,22). The average Bonchev–Trinajstić information content (AvgIpc) is 2.68. The zero-order valence-electron chi connectivity index (χ0n) is 15.2. The van der Waals surface area contributed by atoms with Crippen LogP contribution in [0.3, 0.4) is 0 Å². The molecule has 8 heteroatoms. The summed E-state index contributed by atoms with van der Waals surface area (Å²) in [7, 11) is -2.33. The molecule has 0 saturated heterocycles. The molecule has 0 bridgehead atoms. The molecule has 1 amide bonds. The van der Waals surface area contributed by atoms with E-state index in [1.54, 1.807) is 24.3 Å². The summed E-state index contributed by atoms with van der Waals surface area (Å²) in [6.07, 6.45) is 0. The van der Waals surface area contributed by atoms with Gasteiger partial charge in [-0.05, 0) is 36.8 Å². The van der Waals surface area contributed by atoms with Crippen LogP contribution in [-0.4, -0.2) is 45.4 Å². The van der Waals surface area contributed by atoms with Crippen molar-refractivity contribution in [2.75, 3.05) is 26.8 Å². The summed E-state index contributed by atoms with van der Waals surface area (Å²) in [5.41, 5.74) is 0.848. The van der Waals surface area contributed by atoms with Gasteiger partial charge in [0.05, 0.1) is 17.5 Å². The fraction of sp³-hybridized carbons (Fsp3) is 0.316. The molecule has 1 aliphatic heterocycles.